The van der Waals surface area contributed by atoms with Gasteiger partial charge in [0.1, 0.15) is 16.5 Å². The molecule has 1 aromatic carbocycles. The van der Waals surface area contributed by atoms with Crippen LogP contribution in [-0.2, 0) is 0 Å². The lowest BCUT2D eigenvalue weighted by molar-refractivity contribution is 0.102. The van der Waals surface area contributed by atoms with E-state index in [9.17, 15) is 4.79 Å². The van der Waals surface area contributed by atoms with Crippen LogP contribution in [0.3, 0.4) is 0 Å². The summed E-state index contributed by atoms with van der Waals surface area (Å²) in [5.74, 6) is 1.33. The summed E-state index contributed by atoms with van der Waals surface area (Å²) >= 11 is 1.42. The third-order valence-corrected chi connectivity index (χ3v) is 5.01. The zero-order valence-corrected chi connectivity index (χ0v) is 15.5. The van der Waals surface area contributed by atoms with Gasteiger partial charge < -0.3 is 9.47 Å². The Bertz CT molecular complexity index is 686. The molecule has 1 amide bonds. The fourth-order valence-corrected chi connectivity index (χ4v) is 3.48. The van der Waals surface area contributed by atoms with Crippen LogP contribution >= 0.6 is 11.3 Å². The summed E-state index contributed by atoms with van der Waals surface area (Å²) in [5, 5.41) is 12.5. The van der Waals surface area contributed by atoms with Crippen molar-refractivity contribution in [3.8, 4) is 11.5 Å². The number of nitrogens with zero attached hydrogens (tertiary/aromatic N) is 2. The number of carbonyl (C=O) groups excluding carboxylic acids is 1. The van der Waals surface area contributed by atoms with Crippen molar-refractivity contribution in [2.45, 2.75) is 39.5 Å². The number of hydrogen-bond acceptors (Lipinski definition) is 6. The van der Waals surface area contributed by atoms with Gasteiger partial charge in [0, 0.05) is 17.0 Å². The monoisotopic (exact) mass is 349 g/mol. The number of aromatic nitrogens is 2. The first-order valence-electron chi connectivity index (χ1n) is 7.91. The number of hydrogen-bond donors (Lipinski definition) is 1. The largest absolute Gasteiger partial charge is 0.496 e. The third kappa shape index (κ3) is 3.84. The van der Waals surface area contributed by atoms with Crippen LogP contribution in [0.2, 0.25) is 0 Å². The molecule has 0 fully saturated rings. The zero-order chi connectivity index (χ0) is 17.7. The lowest BCUT2D eigenvalue weighted by Crippen LogP contribution is -2.12. The quantitative estimate of drug-likeness (QED) is 0.817. The fourth-order valence-electron chi connectivity index (χ4n) is 2.47. The maximum Gasteiger partial charge on any atom is 0.257 e. The van der Waals surface area contributed by atoms with Gasteiger partial charge in [-0.15, -0.1) is 10.2 Å². The lowest BCUT2D eigenvalue weighted by Gasteiger charge is -2.12. The molecule has 0 spiro atoms. The molecule has 0 bridgehead atoms. The Labute approximate surface area is 146 Å². The number of carbonyl (C=O) groups is 1. The number of nitrogens with one attached hydrogen (secondary N) is 1. The molecule has 2 aromatic rings. The van der Waals surface area contributed by atoms with Crippen molar-refractivity contribution in [2.75, 3.05) is 19.5 Å². The van der Waals surface area contributed by atoms with E-state index < -0.39 is 0 Å². The van der Waals surface area contributed by atoms with Crippen molar-refractivity contribution in [1.82, 2.24) is 10.2 Å². The summed E-state index contributed by atoms with van der Waals surface area (Å²) in [6, 6.07) is 3.38. The van der Waals surface area contributed by atoms with Crippen LogP contribution in [0.15, 0.2) is 12.1 Å². The molecule has 0 unspecified atom stereocenters. The minimum Gasteiger partial charge on any atom is -0.496 e. The highest BCUT2D eigenvalue weighted by atomic mass is 32.1. The van der Waals surface area contributed by atoms with E-state index in [0.29, 0.717) is 28.1 Å². The first-order valence-corrected chi connectivity index (χ1v) is 8.72. The molecule has 6 nitrogen and oxygen atoms in total. The minimum absolute atomic E-state index is 0.265. The molecule has 0 saturated carbocycles. The Morgan fingerprint density at radius 2 is 1.75 bits per heavy atom. The zero-order valence-electron chi connectivity index (χ0n) is 14.7. The van der Waals surface area contributed by atoms with Crippen molar-refractivity contribution in [1.29, 1.82) is 0 Å². The molecule has 7 heteroatoms. The molecular formula is C17H23N3O3S. The van der Waals surface area contributed by atoms with E-state index in [-0.39, 0.29) is 5.91 Å². The van der Waals surface area contributed by atoms with Crippen molar-refractivity contribution in [3.05, 3.63) is 28.3 Å². The van der Waals surface area contributed by atoms with Crippen LogP contribution in [0.25, 0.3) is 0 Å². The molecule has 0 radical (unpaired) electrons. The molecule has 0 aliphatic heterocycles. The minimum atomic E-state index is -0.265. The van der Waals surface area contributed by atoms with Crippen molar-refractivity contribution in [2.24, 2.45) is 0 Å². The molecule has 0 aliphatic rings. The number of rotatable bonds is 7. The molecule has 0 saturated heterocycles. The van der Waals surface area contributed by atoms with Gasteiger partial charge in [0.25, 0.3) is 5.91 Å². The summed E-state index contributed by atoms with van der Waals surface area (Å²) in [4.78, 5) is 12.5. The third-order valence-electron chi connectivity index (χ3n) is 4.01. The maximum absolute atomic E-state index is 12.5. The molecule has 0 aliphatic carbocycles. The average Bonchev–Trinajstić information content (AvgIpc) is 3.04. The van der Waals surface area contributed by atoms with Gasteiger partial charge in [-0.2, -0.15) is 0 Å². The normalized spacial score (nSPS) is 10.8. The number of amides is 1. The predicted molar refractivity (Wildman–Crippen MR) is 95.5 cm³/mol. The van der Waals surface area contributed by atoms with E-state index in [2.05, 4.69) is 29.4 Å². The molecule has 0 atom stereocenters. The number of methoxy groups -OCH3 is 2. The summed E-state index contributed by atoms with van der Waals surface area (Å²) in [5.41, 5.74) is 1.30. The van der Waals surface area contributed by atoms with Gasteiger partial charge in [-0.05, 0) is 31.9 Å². The molecule has 1 heterocycles. The first kappa shape index (κ1) is 18.2. The summed E-state index contributed by atoms with van der Waals surface area (Å²) < 4.78 is 10.6. The second kappa shape index (κ2) is 8.10. The summed E-state index contributed by atoms with van der Waals surface area (Å²) in [6.45, 7) is 6.13. The molecule has 130 valence electrons. The highest BCUT2D eigenvalue weighted by molar-refractivity contribution is 7.15. The summed E-state index contributed by atoms with van der Waals surface area (Å²) in [7, 11) is 3.13. The van der Waals surface area contributed by atoms with E-state index >= 15 is 0 Å². The highest BCUT2D eigenvalue weighted by Gasteiger charge is 2.17. The van der Waals surface area contributed by atoms with E-state index in [4.69, 9.17) is 9.47 Å². The fraction of sp³-hybridized carbons (Fsp3) is 0.471. The van der Waals surface area contributed by atoms with E-state index in [0.717, 1.165) is 23.4 Å². The Kier molecular flexibility index (Phi) is 6.14. The molecule has 1 N–H and O–H groups in total. The van der Waals surface area contributed by atoms with Crippen molar-refractivity contribution in [3.63, 3.8) is 0 Å². The van der Waals surface area contributed by atoms with Crippen LogP contribution < -0.4 is 14.8 Å². The predicted octanol–water partition coefficient (Wildman–Crippen LogP) is 4.02. The Balaban J connectivity index is 2.21. The maximum atomic E-state index is 12.5. The van der Waals surface area contributed by atoms with Gasteiger partial charge in [-0.3, -0.25) is 10.1 Å². The van der Waals surface area contributed by atoms with E-state index in [1.807, 2.05) is 6.92 Å². The van der Waals surface area contributed by atoms with E-state index in [1.165, 1.54) is 11.3 Å². The van der Waals surface area contributed by atoms with Crippen molar-refractivity contribution >= 4 is 22.4 Å². The first-order chi connectivity index (χ1) is 11.5. The Morgan fingerprint density at radius 3 is 2.25 bits per heavy atom. The molecule has 2 rings (SSSR count). The van der Waals surface area contributed by atoms with Gasteiger partial charge in [0.2, 0.25) is 5.13 Å². The Hall–Kier alpha value is -2.15. The molecule has 24 heavy (non-hydrogen) atoms. The standard InChI is InChI=1S/C17H23N3O3S/c1-6-11(7-2)16-19-20-17(24-16)18-15(21)12-8-13(22-4)10(3)14(9-12)23-5/h8-9,11H,6-7H2,1-5H3,(H,18,20,21). The Morgan fingerprint density at radius 1 is 1.17 bits per heavy atom. The van der Waals surface area contributed by atoms with E-state index in [1.54, 1.807) is 26.4 Å². The van der Waals surface area contributed by atoms with Crippen LogP contribution in [-0.4, -0.2) is 30.3 Å². The molecular weight excluding hydrogens is 326 g/mol. The van der Waals surface area contributed by atoms with Crippen LogP contribution in [0.5, 0.6) is 11.5 Å². The van der Waals surface area contributed by atoms with Crippen LogP contribution in [0.1, 0.15) is 53.5 Å². The second-order valence-electron chi connectivity index (χ2n) is 5.42. The van der Waals surface area contributed by atoms with Crippen molar-refractivity contribution < 1.29 is 14.3 Å². The van der Waals surface area contributed by atoms with Gasteiger partial charge >= 0.3 is 0 Å². The molecule has 1 aromatic heterocycles. The average molecular weight is 349 g/mol. The lowest BCUT2D eigenvalue weighted by atomic mass is 10.1. The second-order valence-corrected chi connectivity index (χ2v) is 6.43. The van der Waals surface area contributed by atoms with Gasteiger partial charge in [-0.25, -0.2) is 0 Å². The number of ether oxygens (including phenoxy) is 2. The van der Waals surface area contributed by atoms with Gasteiger partial charge in [0.15, 0.2) is 0 Å². The summed E-state index contributed by atoms with van der Waals surface area (Å²) in [6.07, 6.45) is 2.01. The number of benzene rings is 1. The topological polar surface area (TPSA) is 73.3 Å². The smallest absolute Gasteiger partial charge is 0.257 e. The highest BCUT2D eigenvalue weighted by Crippen LogP contribution is 2.31. The van der Waals surface area contributed by atoms with Crippen LogP contribution in [0.4, 0.5) is 5.13 Å². The SMILES string of the molecule is CCC(CC)c1nnc(NC(=O)c2cc(OC)c(C)c(OC)c2)s1. The van der Waals surface area contributed by atoms with Crippen LogP contribution in [0, 0.1) is 6.92 Å². The number of anilines is 1. The van der Waals surface area contributed by atoms with Gasteiger partial charge in [-0.1, -0.05) is 25.2 Å². The van der Waals surface area contributed by atoms with Gasteiger partial charge in [0.05, 0.1) is 14.2 Å².